The Balaban J connectivity index is 2.34. The van der Waals surface area contributed by atoms with Crippen molar-refractivity contribution in [2.45, 2.75) is 45.4 Å². The van der Waals surface area contributed by atoms with Crippen LogP contribution in [0.15, 0.2) is 6.20 Å². The van der Waals surface area contributed by atoms with Crippen LogP contribution in [0.3, 0.4) is 0 Å². The second-order valence-corrected chi connectivity index (χ2v) is 5.51. The normalized spacial score (nSPS) is 12.6. The average molecular weight is 300 g/mol. The van der Waals surface area contributed by atoms with Crippen LogP contribution in [0.5, 0.6) is 0 Å². The predicted molar refractivity (Wildman–Crippen MR) is 64.7 cm³/mol. The fourth-order valence-corrected chi connectivity index (χ4v) is 1.95. The van der Waals surface area contributed by atoms with Gasteiger partial charge in [0.2, 0.25) is 0 Å². The Morgan fingerprint density at radius 1 is 1.42 bits per heavy atom. The van der Waals surface area contributed by atoms with E-state index in [1.807, 2.05) is 13.8 Å². The summed E-state index contributed by atoms with van der Waals surface area (Å²) in [5.41, 5.74) is 0. The van der Waals surface area contributed by atoms with Crippen molar-refractivity contribution in [1.82, 2.24) is 10.3 Å². The molecule has 0 fully saturated rings. The van der Waals surface area contributed by atoms with E-state index in [0.29, 0.717) is 17.6 Å². The first-order valence-corrected chi connectivity index (χ1v) is 6.53. The van der Waals surface area contributed by atoms with Crippen LogP contribution in [0.2, 0.25) is 0 Å². The molecule has 110 valence electrons. The Bertz CT molecular complexity index is 385. The number of halogens is 4. The average Bonchev–Trinajstić information content (AvgIpc) is 2.74. The van der Waals surface area contributed by atoms with E-state index in [9.17, 15) is 17.6 Å². The third-order valence-electron chi connectivity index (χ3n) is 2.13. The molecule has 8 heteroatoms. The summed E-state index contributed by atoms with van der Waals surface area (Å²) in [6, 6.07) is 0.325. The zero-order valence-electron chi connectivity index (χ0n) is 10.6. The maximum atomic E-state index is 12.6. The number of nitrogens with one attached hydrogen (secondary N) is 1. The molecule has 0 radical (unpaired) electrons. The third kappa shape index (κ3) is 5.84. The summed E-state index contributed by atoms with van der Waals surface area (Å²) in [5.74, 6) is -4.11. The van der Waals surface area contributed by atoms with Gasteiger partial charge in [0, 0.05) is 23.7 Å². The van der Waals surface area contributed by atoms with Gasteiger partial charge in [-0.05, 0) is 0 Å². The van der Waals surface area contributed by atoms with Crippen molar-refractivity contribution in [2.24, 2.45) is 0 Å². The lowest BCUT2D eigenvalue weighted by molar-refractivity contribution is -0.168. The quantitative estimate of drug-likeness (QED) is 0.749. The van der Waals surface area contributed by atoms with Crippen LogP contribution < -0.4 is 5.32 Å². The summed E-state index contributed by atoms with van der Waals surface area (Å²) in [6.07, 6.45) is -2.10. The second kappa shape index (κ2) is 7.16. The van der Waals surface area contributed by atoms with Crippen molar-refractivity contribution in [1.29, 1.82) is 0 Å². The first kappa shape index (κ1) is 16.3. The maximum Gasteiger partial charge on any atom is 0.330 e. The van der Waals surface area contributed by atoms with Crippen LogP contribution in [0.25, 0.3) is 0 Å². The minimum absolute atomic E-state index is 0.186. The Morgan fingerprint density at radius 3 is 2.68 bits per heavy atom. The molecule has 0 aliphatic carbocycles. The summed E-state index contributed by atoms with van der Waals surface area (Å²) in [4.78, 5) is 4.92. The first-order valence-electron chi connectivity index (χ1n) is 5.72. The highest BCUT2D eigenvalue weighted by Crippen LogP contribution is 2.23. The van der Waals surface area contributed by atoms with Gasteiger partial charge in [-0.1, -0.05) is 13.8 Å². The summed E-state index contributed by atoms with van der Waals surface area (Å²) in [6.45, 7) is 3.13. The Kier molecular flexibility index (Phi) is 6.15. The lowest BCUT2D eigenvalue weighted by Gasteiger charge is -2.14. The van der Waals surface area contributed by atoms with Gasteiger partial charge in [0.25, 0.3) is 0 Å². The molecule has 0 aromatic carbocycles. The van der Waals surface area contributed by atoms with E-state index >= 15 is 0 Å². The van der Waals surface area contributed by atoms with Gasteiger partial charge >= 0.3 is 12.3 Å². The summed E-state index contributed by atoms with van der Waals surface area (Å²) < 4.78 is 53.4. The van der Waals surface area contributed by atoms with Crippen LogP contribution in [0.4, 0.5) is 17.6 Å². The molecule has 19 heavy (non-hydrogen) atoms. The molecule has 0 spiro atoms. The smallest absolute Gasteiger partial charge is 0.330 e. The lowest BCUT2D eigenvalue weighted by atomic mass is 10.4. The van der Waals surface area contributed by atoms with Crippen LogP contribution in [-0.4, -0.2) is 30.0 Å². The van der Waals surface area contributed by atoms with Gasteiger partial charge in [-0.2, -0.15) is 8.78 Å². The number of hydrogen-bond donors (Lipinski definition) is 1. The molecule has 1 N–H and O–H groups in total. The predicted octanol–water partition coefficient (Wildman–Crippen LogP) is 3.06. The number of nitrogens with zero attached hydrogens (tertiary/aromatic N) is 1. The van der Waals surface area contributed by atoms with Crippen molar-refractivity contribution in [3.05, 3.63) is 16.1 Å². The van der Waals surface area contributed by atoms with E-state index in [1.165, 1.54) is 11.3 Å². The fourth-order valence-electron chi connectivity index (χ4n) is 1.14. The van der Waals surface area contributed by atoms with E-state index in [-0.39, 0.29) is 6.61 Å². The molecule has 0 amide bonds. The number of aromatic nitrogens is 1. The topological polar surface area (TPSA) is 34.2 Å². The number of ether oxygens (including phenoxy) is 1. The zero-order valence-corrected chi connectivity index (χ0v) is 11.4. The van der Waals surface area contributed by atoms with Crippen LogP contribution >= 0.6 is 11.3 Å². The lowest BCUT2D eigenvalue weighted by Crippen LogP contribution is -2.32. The molecule has 3 nitrogen and oxygen atoms in total. The standard InChI is InChI=1S/C11H16F4N2OS/c1-7(2)16-3-8-4-17-9(19-8)5-18-6-11(14,15)10(12)13/h4,7,10,16H,3,5-6H2,1-2H3. The van der Waals surface area contributed by atoms with Gasteiger partial charge in [-0.3, -0.25) is 0 Å². The highest BCUT2D eigenvalue weighted by Gasteiger charge is 2.40. The highest BCUT2D eigenvalue weighted by molar-refractivity contribution is 7.11. The Morgan fingerprint density at radius 2 is 2.11 bits per heavy atom. The molecule has 0 aliphatic rings. The number of hydrogen-bond acceptors (Lipinski definition) is 4. The first-order chi connectivity index (χ1) is 8.81. The molecule has 1 aromatic heterocycles. The highest BCUT2D eigenvalue weighted by atomic mass is 32.1. The van der Waals surface area contributed by atoms with Crippen LogP contribution in [0, 0.1) is 0 Å². The minimum Gasteiger partial charge on any atom is -0.368 e. The Hall–Kier alpha value is -0.730. The van der Waals surface area contributed by atoms with Crippen molar-refractivity contribution in [2.75, 3.05) is 6.61 Å². The molecule has 1 rings (SSSR count). The van der Waals surface area contributed by atoms with Crippen LogP contribution in [0.1, 0.15) is 23.7 Å². The van der Waals surface area contributed by atoms with Gasteiger partial charge in [0.1, 0.15) is 11.6 Å². The summed E-state index contributed by atoms with van der Waals surface area (Å²) in [7, 11) is 0. The monoisotopic (exact) mass is 300 g/mol. The Labute approximate surface area is 113 Å². The maximum absolute atomic E-state index is 12.6. The minimum atomic E-state index is -4.11. The molecule has 0 bridgehead atoms. The van der Waals surface area contributed by atoms with E-state index < -0.39 is 19.0 Å². The van der Waals surface area contributed by atoms with Gasteiger partial charge < -0.3 is 10.1 Å². The largest absolute Gasteiger partial charge is 0.368 e. The van der Waals surface area contributed by atoms with E-state index in [4.69, 9.17) is 0 Å². The summed E-state index contributed by atoms with van der Waals surface area (Å²) >= 11 is 1.30. The van der Waals surface area contributed by atoms with Crippen molar-refractivity contribution < 1.29 is 22.3 Å². The molecular weight excluding hydrogens is 284 g/mol. The molecule has 0 aliphatic heterocycles. The number of rotatable bonds is 8. The molecule has 1 aromatic rings. The summed E-state index contributed by atoms with van der Waals surface area (Å²) in [5, 5.41) is 3.67. The van der Waals surface area contributed by atoms with Gasteiger partial charge in [0.05, 0.1) is 6.61 Å². The molecule has 0 saturated heterocycles. The third-order valence-corrected chi connectivity index (χ3v) is 3.10. The van der Waals surface area contributed by atoms with Crippen molar-refractivity contribution >= 4 is 11.3 Å². The van der Waals surface area contributed by atoms with E-state index in [1.54, 1.807) is 6.20 Å². The molecular formula is C11H16F4N2OS. The van der Waals surface area contributed by atoms with E-state index in [2.05, 4.69) is 15.0 Å². The van der Waals surface area contributed by atoms with E-state index in [0.717, 1.165) is 4.88 Å². The van der Waals surface area contributed by atoms with Gasteiger partial charge in [-0.25, -0.2) is 13.8 Å². The molecule has 1 heterocycles. The molecule has 0 unspecified atom stereocenters. The second-order valence-electron chi connectivity index (χ2n) is 4.31. The van der Waals surface area contributed by atoms with Gasteiger partial charge in [0.15, 0.2) is 0 Å². The van der Waals surface area contributed by atoms with Crippen molar-refractivity contribution in [3.8, 4) is 0 Å². The van der Waals surface area contributed by atoms with Crippen molar-refractivity contribution in [3.63, 3.8) is 0 Å². The fraction of sp³-hybridized carbons (Fsp3) is 0.727. The zero-order chi connectivity index (χ0) is 14.5. The molecule has 0 saturated carbocycles. The number of thiazole rings is 1. The number of alkyl halides is 4. The van der Waals surface area contributed by atoms with Crippen LogP contribution in [-0.2, 0) is 17.9 Å². The molecule has 0 atom stereocenters. The van der Waals surface area contributed by atoms with Gasteiger partial charge in [-0.15, -0.1) is 11.3 Å². The SMILES string of the molecule is CC(C)NCc1cnc(COCC(F)(F)C(F)F)s1.